The first-order chi connectivity index (χ1) is 8.82. The van der Waals surface area contributed by atoms with Gasteiger partial charge in [-0.15, -0.1) is 0 Å². The Hall–Kier alpha value is -1.36. The smallest absolute Gasteiger partial charge is 0.270 e. The minimum Gasteiger partial charge on any atom is -0.385 e. The summed E-state index contributed by atoms with van der Waals surface area (Å²) in [5.41, 5.74) is -0.281. The number of nitrogens with one attached hydrogen (secondary N) is 1. The Morgan fingerprint density at radius 3 is 2.68 bits per heavy atom. The van der Waals surface area contributed by atoms with Gasteiger partial charge in [0.2, 0.25) is 0 Å². The van der Waals surface area contributed by atoms with Crippen LogP contribution in [-0.4, -0.2) is 35.0 Å². The van der Waals surface area contributed by atoms with Crippen LogP contribution in [0.1, 0.15) is 10.4 Å². The molecule has 1 aromatic rings. The van der Waals surface area contributed by atoms with Gasteiger partial charge < -0.3 is 10.4 Å². The van der Waals surface area contributed by atoms with E-state index < -0.39 is 29.9 Å². The van der Waals surface area contributed by atoms with Crippen molar-refractivity contribution in [3.05, 3.63) is 37.4 Å². The molecule has 0 aliphatic heterocycles. The molecule has 104 valence electrons. The molecule has 2 N–H and O–H groups in total. The van der Waals surface area contributed by atoms with Crippen LogP contribution in [-0.2, 0) is 0 Å². The maximum Gasteiger partial charge on any atom is 0.270 e. The number of non-ortho nitro benzene ring substituents is 1. The van der Waals surface area contributed by atoms with Crippen molar-refractivity contribution < 1.29 is 23.6 Å². The summed E-state index contributed by atoms with van der Waals surface area (Å²) in [4.78, 5) is 21.6. The number of nitrogens with zero attached hydrogens (tertiary/aromatic N) is 1. The zero-order valence-corrected chi connectivity index (χ0v) is 11.5. The highest BCUT2D eigenvalue weighted by molar-refractivity contribution is 14.1. The van der Waals surface area contributed by atoms with Gasteiger partial charge in [-0.25, -0.2) is 8.78 Å². The van der Waals surface area contributed by atoms with E-state index in [1.807, 2.05) is 0 Å². The molecule has 0 aliphatic rings. The van der Waals surface area contributed by atoms with Gasteiger partial charge in [-0.05, 0) is 28.7 Å². The van der Waals surface area contributed by atoms with E-state index >= 15 is 0 Å². The van der Waals surface area contributed by atoms with Crippen LogP contribution in [0.15, 0.2) is 18.2 Å². The first-order valence-electron chi connectivity index (χ1n) is 5.01. The minimum atomic E-state index is -2.97. The maximum absolute atomic E-state index is 12.0. The molecule has 0 bridgehead atoms. The summed E-state index contributed by atoms with van der Waals surface area (Å²) in [7, 11) is 0. The Balaban J connectivity index is 2.82. The minimum absolute atomic E-state index is 0.00346. The molecule has 0 heterocycles. The number of amides is 1. The summed E-state index contributed by atoms with van der Waals surface area (Å²) in [6.45, 7) is -0.630. The highest BCUT2D eigenvalue weighted by Crippen LogP contribution is 2.19. The van der Waals surface area contributed by atoms with Crippen molar-refractivity contribution in [3.63, 3.8) is 0 Å². The lowest BCUT2D eigenvalue weighted by atomic mass is 10.2. The number of benzene rings is 1. The van der Waals surface area contributed by atoms with Crippen LogP contribution >= 0.6 is 22.6 Å². The summed E-state index contributed by atoms with van der Waals surface area (Å²) >= 11 is 1.79. The van der Waals surface area contributed by atoms with Gasteiger partial charge in [0.15, 0.2) is 0 Å². The van der Waals surface area contributed by atoms with Crippen LogP contribution in [0.2, 0.25) is 0 Å². The average molecular weight is 386 g/mol. The fraction of sp³-hybridized carbons (Fsp3) is 0.300. The molecule has 6 nitrogen and oxygen atoms in total. The number of aliphatic hydroxyl groups is 1. The lowest BCUT2D eigenvalue weighted by Gasteiger charge is -2.11. The second kappa shape index (κ2) is 6.70. The van der Waals surface area contributed by atoms with Crippen molar-refractivity contribution in [2.45, 2.75) is 12.5 Å². The summed E-state index contributed by atoms with van der Waals surface area (Å²) in [5.74, 6) is -0.757. The molecule has 0 aromatic heterocycles. The van der Waals surface area contributed by atoms with E-state index in [4.69, 9.17) is 5.11 Å². The van der Waals surface area contributed by atoms with E-state index in [9.17, 15) is 23.7 Å². The van der Waals surface area contributed by atoms with E-state index in [0.29, 0.717) is 3.57 Å². The third-order valence-electron chi connectivity index (χ3n) is 2.17. The first-order valence-corrected chi connectivity index (χ1v) is 6.09. The zero-order valence-electron chi connectivity index (χ0n) is 9.35. The molecule has 0 saturated carbocycles. The number of carbonyl (C=O) groups is 1. The third kappa shape index (κ3) is 4.35. The second-order valence-electron chi connectivity index (χ2n) is 3.53. The van der Waals surface area contributed by atoms with Crippen LogP contribution in [0.3, 0.4) is 0 Å². The fourth-order valence-electron chi connectivity index (χ4n) is 1.18. The SMILES string of the molecule is O=C(NCC(O)C(F)F)c1cc([N+](=O)[O-])ccc1I. The number of aliphatic hydroxyl groups excluding tert-OH is 1. The third-order valence-corrected chi connectivity index (χ3v) is 3.11. The van der Waals surface area contributed by atoms with Crippen molar-refractivity contribution in [1.29, 1.82) is 0 Å². The van der Waals surface area contributed by atoms with Crippen molar-refractivity contribution in [2.75, 3.05) is 6.54 Å². The number of hydrogen-bond donors (Lipinski definition) is 2. The molecule has 9 heteroatoms. The zero-order chi connectivity index (χ0) is 14.6. The predicted octanol–water partition coefficient (Wildman–Crippen LogP) is 1.56. The van der Waals surface area contributed by atoms with Crippen LogP contribution in [0.4, 0.5) is 14.5 Å². The van der Waals surface area contributed by atoms with Gasteiger partial charge >= 0.3 is 0 Å². The molecule has 19 heavy (non-hydrogen) atoms. The maximum atomic E-state index is 12.0. The van der Waals surface area contributed by atoms with E-state index in [-0.39, 0.29) is 11.3 Å². The summed E-state index contributed by atoms with van der Waals surface area (Å²) in [5, 5.41) is 21.5. The van der Waals surface area contributed by atoms with Crippen molar-refractivity contribution in [1.82, 2.24) is 5.32 Å². The van der Waals surface area contributed by atoms with E-state index in [0.717, 1.165) is 6.07 Å². The topological polar surface area (TPSA) is 92.5 Å². The molecular weight excluding hydrogens is 377 g/mol. The molecule has 1 unspecified atom stereocenters. The highest BCUT2D eigenvalue weighted by Gasteiger charge is 2.20. The van der Waals surface area contributed by atoms with Crippen LogP contribution in [0, 0.1) is 13.7 Å². The van der Waals surface area contributed by atoms with Crippen LogP contribution in [0.5, 0.6) is 0 Å². The molecule has 0 aliphatic carbocycles. The van der Waals surface area contributed by atoms with Crippen molar-refractivity contribution in [2.24, 2.45) is 0 Å². The molecule has 0 radical (unpaired) electrons. The Labute approximate surface area is 120 Å². The molecular formula is C10H9F2IN2O4. The number of carbonyl (C=O) groups excluding carboxylic acids is 1. The molecule has 1 atom stereocenters. The normalized spacial score (nSPS) is 12.3. The van der Waals surface area contributed by atoms with Gasteiger partial charge in [-0.2, -0.15) is 0 Å². The summed E-state index contributed by atoms with van der Waals surface area (Å²) in [6.07, 6.45) is -4.94. The van der Waals surface area contributed by atoms with E-state index in [1.165, 1.54) is 12.1 Å². The molecule has 1 aromatic carbocycles. The Kier molecular flexibility index (Phi) is 5.54. The lowest BCUT2D eigenvalue weighted by Crippen LogP contribution is -2.36. The molecule has 0 saturated heterocycles. The molecule has 1 amide bonds. The number of hydrogen-bond acceptors (Lipinski definition) is 4. The number of rotatable bonds is 5. The van der Waals surface area contributed by atoms with Gasteiger partial charge in [0.05, 0.1) is 10.5 Å². The number of alkyl halides is 2. The molecule has 0 spiro atoms. The number of nitro benzene ring substituents is 1. The summed E-state index contributed by atoms with van der Waals surface area (Å²) in [6, 6.07) is 3.65. The molecule has 1 rings (SSSR count). The Morgan fingerprint density at radius 2 is 2.16 bits per heavy atom. The Morgan fingerprint density at radius 1 is 1.53 bits per heavy atom. The van der Waals surface area contributed by atoms with Gasteiger partial charge in [0.1, 0.15) is 6.10 Å². The fourth-order valence-corrected chi connectivity index (χ4v) is 1.76. The highest BCUT2D eigenvalue weighted by atomic mass is 127. The van der Waals surface area contributed by atoms with Gasteiger partial charge in [0, 0.05) is 22.2 Å². The number of halogens is 3. The number of nitro groups is 1. The monoisotopic (exact) mass is 386 g/mol. The largest absolute Gasteiger partial charge is 0.385 e. The van der Waals surface area contributed by atoms with Crippen LogP contribution < -0.4 is 5.32 Å². The standard InChI is InChI=1S/C10H9F2IN2O4/c11-9(12)8(16)4-14-10(17)6-3-5(15(18)19)1-2-7(6)13/h1-3,8-9,16H,4H2,(H,14,17). The van der Waals surface area contributed by atoms with Gasteiger partial charge in [-0.1, -0.05) is 0 Å². The Bertz CT molecular complexity index is 498. The lowest BCUT2D eigenvalue weighted by molar-refractivity contribution is -0.384. The van der Waals surface area contributed by atoms with E-state index in [2.05, 4.69) is 5.32 Å². The average Bonchev–Trinajstić information content (AvgIpc) is 2.35. The van der Waals surface area contributed by atoms with Crippen LogP contribution in [0.25, 0.3) is 0 Å². The summed E-state index contributed by atoms with van der Waals surface area (Å²) < 4.78 is 24.5. The quantitative estimate of drug-likeness (QED) is 0.457. The first kappa shape index (κ1) is 15.7. The predicted molar refractivity (Wildman–Crippen MR) is 70.2 cm³/mol. The molecule has 0 fully saturated rings. The van der Waals surface area contributed by atoms with Crippen molar-refractivity contribution >= 4 is 34.2 Å². The van der Waals surface area contributed by atoms with E-state index in [1.54, 1.807) is 22.6 Å². The second-order valence-corrected chi connectivity index (χ2v) is 4.70. The van der Waals surface area contributed by atoms with Crippen molar-refractivity contribution in [3.8, 4) is 0 Å². The van der Waals surface area contributed by atoms with Gasteiger partial charge in [-0.3, -0.25) is 14.9 Å². The van der Waals surface area contributed by atoms with Gasteiger partial charge in [0.25, 0.3) is 18.0 Å².